The summed E-state index contributed by atoms with van der Waals surface area (Å²) in [6.07, 6.45) is -3.16. The highest BCUT2D eigenvalue weighted by atomic mass is 19.4. The van der Waals surface area contributed by atoms with E-state index >= 15 is 0 Å². The predicted octanol–water partition coefficient (Wildman–Crippen LogP) is 5.78. The lowest BCUT2D eigenvalue weighted by molar-refractivity contribution is -0.137. The van der Waals surface area contributed by atoms with Gasteiger partial charge in [-0.1, -0.05) is 42.5 Å². The molecule has 0 saturated carbocycles. The number of halogens is 3. The second-order valence-electron chi connectivity index (χ2n) is 9.29. The van der Waals surface area contributed by atoms with Gasteiger partial charge in [0.25, 0.3) is 0 Å². The summed E-state index contributed by atoms with van der Waals surface area (Å²) in [6, 6.07) is 20.4. The second kappa shape index (κ2) is 10.3. The molecule has 190 valence electrons. The van der Waals surface area contributed by atoms with Crippen molar-refractivity contribution in [3.63, 3.8) is 0 Å². The van der Waals surface area contributed by atoms with Gasteiger partial charge in [0.1, 0.15) is 5.82 Å². The van der Waals surface area contributed by atoms with Crippen LogP contribution < -0.4 is 10.6 Å². The van der Waals surface area contributed by atoms with Gasteiger partial charge in [0.15, 0.2) is 6.29 Å². The van der Waals surface area contributed by atoms with E-state index in [0.717, 1.165) is 48.1 Å². The van der Waals surface area contributed by atoms with Crippen LogP contribution in [0.15, 0.2) is 72.8 Å². The first kappa shape index (κ1) is 24.9. The van der Waals surface area contributed by atoms with Crippen molar-refractivity contribution in [2.75, 3.05) is 18.4 Å². The molecular formula is C29H26F3N3O2. The van der Waals surface area contributed by atoms with Crippen LogP contribution in [0.3, 0.4) is 0 Å². The van der Waals surface area contributed by atoms with Gasteiger partial charge >= 0.3 is 6.18 Å². The summed E-state index contributed by atoms with van der Waals surface area (Å²) in [7, 11) is 0. The number of benzene rings is 3. The average molecular weight is 506 g/mol. The highest BCUT2D eigenvalue weighted by Crippen LogP contribution is 2.32. The zero-order valence-corrected chi connectivity index (χ0v) is 19.9. The number of aliphatic hydroxyl groups is 1. The van der Waals surface area contributed by atoms with Crippen molar-refractivity contribution in [1.29, 1.82) is 0 Å². The van der Waals surface area contributed by atoms with E-state index in [2.05, 4.69) is 21.7 Å². The number of rotatable bonds is 6. The van der Waals surface area contributed by atoms with Crippen molar-refractivity contribution in [1.82, 2.24) is 10.3 Å². The molecule has 2 atom stereocenters. The number of hydrogen-bond acceptors (Lipinski definition) is 5. The van der Waals surface area contributed by atoms with Gasteiger partial charge in [-0.2, -0.15) is 13.2 Å². The van der Waals surface area contributed by atoms with E-state index in [9.17, 15) is 23.1 Å². The van der Waals surface area contributed by atoms with E-state index in [0.29, 0.717) is 34.4 Å². The topological polar surface area (TPSA) is 74.2 Å². The number of carbonyl (C=O) groups is 1. The van der Waals surface area contributed by atoms with Crippen LogP contribution in [0.25, 0.3) is 22.0 Å². The smallest absolute Gasteiger partial charge is 0.391 e. The number of carbonyl (C=O) groups excluding carboxylic acids is 1. The van der Waals surface area contributed by atoms with Gasteiger partial charge < -0.3 is 15.7 Å². The molecule has 2 heterocycles. The molecule has 1 fully saturated rings. The van der Waals surface area contributed by atoms with Crippen LogP contribution in [0.4, 0.5) is 19.0 Å². The van der Waals surface area contributed by atoms with Crippen LogP contribution >= 0.6 is 0 Å². The molecule has 37 heavy (non-hydrogen) atoms. The summed E-state index contributed by atoms with van der Waals surface area (Å²) in [4.78, 5) is 16.5. The summed E-state index contributed by atoms with van der Waals surface area (Å²) in [5.41, 5.74) is 4.08. The van der Waals surface area contributed by atoms with E-state index in [-0.39, 0.29) is 12.5 Å². The molecule has 0 bridgehead atoms. The summed E-state index contributed by atoms with van der Waals surface area (Å²) in [6.45, 7) is 1.71. The number of piperidine rings is 1. The molecule has 1 aliphatic rings. The maximum Gasteiger partial charge on any atom is 0.416 e. The Hall–Kier alpha value is -3.75. The van der Waals surface area contributed by atoms with Crippen molar-refractivity contribution < 1.29 is 23.1 Å². The van der Waals surface area contributed by atoms with Crippen molar-refractivity contribution in [2.45, 2.75) is 31.2 Å². The number of aliphatic hydroxyl groups excluding tert-OH is 1. The lowest BCUT2D eigenvalue weighted by Gasteiger charge is -2.29. The van der Waals surface area contributed by atoms with Gasteiger partial charge in [-0.05, 0) is 65.6 Å². The number of nitrogens with zero attached hydrogens (tertiary/aromatic N) is 1. The van der Waals surface area contributed by atoms with Gasteiger partial charge in [-0.15, -0.1) is 0 Å². The number of nitrogens with one attached hydrogen (secondary N) is 2. The molecule has 1 saturated heterocycles. The Morgan fingerprint density at radius 2 is 1.81 bits per heavy atom. The predicted molar refractivity (Wildman–Crippen MR) is 138 cm³/mol. The molecule has 0 aliphatic carbocycles. The maximum atomic E-state index is 12.8. The largest absolute Gasteiger partial charge is 0.416 e. The van der Waals surface area contributed by atoms with Crippen LogP contribution in [0, 0.1) is 0 Å². The Morgan fingerprint density at radius 3 is 2.54 bits per heavy atom. The van der Waals surface area contributed by atoms with E-state index in [1.165, 1.54) is 12.1 Å². The van der Waals surface area contributed by atoms with Crippen LogP contribution in [0.2, 0.25) is 0 Å². The van der Waals surface area contributed by atoms with Crippen molar-refractivity contribution >= 4 is 23.0 Å². The number of alkyl halides is 3. The fraction of sp³-hybridized carbons (Fsp3) is 0.241. The van der Waals surface area contributed by atoms with Gasteiger partial charge in [-0.25, -0.2) is 4.98 Å². The Balaban J connectivity index is 1.38. The number of β-amino-alcohol motifs (C(OH)–C–C–N with tert-alkyl or cyclic N) is 1. The molecular weight excluding hydrogens is 479 g/mol. The Morgan fingerprint density at radius 1 is 1.03 bits per heavy atom. The molecule has 1 aromatic heterocycles. The van der Waals surface area contributed by atoms with E-state index < -0.39 is 17.8 Å². The summed E-state index contributed by atoms with van der Waals surface area (Å²) < 4.78 is 38.4. The number of hydrogen-bond donors (Lipinski definition) is 3. The quantitative estimate of drug-likeness (QED) is 0.290. The van der Waals surface area contributed by atoms with Gasteiger partial charge in [0.05, 0.1) is 17.2 Å². The van der Waals surface area contributed by atoms with Crippen molar-refractivity contribution in [3.05, 3.63) is 95.1 Å². The lowest BCUT2D eigenvalue weighted by Crippen LogP contribution is -2.39. The first-order valence-electron chi connectivity index (χ1n) is 12.1. The Labute approximate surface area is 212 Å². The SMILES string of the molecule is O=Cc1cc(NCc2ccc(C(F)(F)F)cc2)nc2ccc(-c3cccc(C4CCNC[C@@H]4O)c3)cc12. The second-order valence-corrected chi connectivity index (χ2v) is 9.29. The van der Waals surface area contributed by atoms with Gasteiger partial charge in [0, 0.05) is 30.0 Å². The molecule has 3 aromatic carbocycles. The molecule has 1 aliphatic heterocycles. The first-order valence-corrected chi connectivity index (χ1v) is 12.1. The van der Waals surface area contributed by atoms with Crippen LogP contribution in [0.1, 0.15) is 39.4 Å². The minimum atomic E-state index is -4.38. The van der Waals surface area contributed by atoms with Crippen LogP contribution in [-0.2, 0) is 12.7 Å². The van der Waals surface area contributed by atoms with Crippen molar-refractivity contribution in [3.8, 4) is 11.1 Å². The van der Waals surface area contributed by atoms with Crippen LogP contribution in [0.5, 0.6) is 0 Å². The third kappa shape index (κ3) is 5.50. The number of aromatic nitrogens is 1. The van der Waals surface area contributed by atoms with E-state index in [4.69, 9.17) is 0 Å². The average Bonchev–Trinajstić information content (AvgIpc) is 2.91. The van der Waals surface area contributed by atoms with Crippen molar-refractivity contribution in [2.24, 2.45) is 0 Å². The molecule has 8 heteroatoms. The molecule has 0 spiro atoms. The van der Waals surface area contributed by atoms with E-state index in [1.54, 1.807) is 6.07 Å². The molecule has 5 nitrogen and oxygen atoms in total. The molecule has 0 amide bonds. The maximum absolute atomic E-state index is 12.8. The standard InChI is InChI=1S/C29H26F3N3O2/c30-29(31,32)23-7-4-18(5-8-23)15-34-28-14-22(17-36)25-13-20(6-9-26(25)35-28)19-2-1-3-21(12-19)24-10-11-33-16-27(24)37/h1-9,12-14,17,24,27,33,37H,10-11,15-16H2,(H,34,35)/t24?,27-/m0/s1. The number of pyridine rings is 1. The number of anilines is 1. The highest BCUT2D eigenvalue weighted by Gasteiger charge is 2.30. The first-order chi connectivity index (χ1) is 17.8. The number of aldehydes is 1. The van der Waals surface area contributed by atoms with E-state index in [1.807, 2.05) is 36.4 Å². The Bertz CT molecular complexity index is 1420. The molecule has 1 unspecified atom stereocenters. The van der Waals surface area contributed by atoms with Crippen LogP contribution in [-0.4, -0.2) is 35.6 Å². The summed E-state index contributed by atoms with van der Waals surface area (Å²) in [5, 5.41) is 17.4. The molecule has 5 rings (SSSR count). The van der Waals surface area contributed by atoms with Gasteiger partial charge in [-0.3, -0.25) is 4.79 Å². The zero-order chi connectivity index (χ0) is 26.0. The summed E-state index contributed by atoms with van der Waals surface area (Å²) in [5.74, 6) is 0.538. The Kier molecular flexibility index (Phi) is 6.95. The molecule has 0 radical (unpaired) electrons. The third-order valence-corrected chi connectivity index (χ3v) is 6.82. The monoisotopic (exact) mass is 505 g/mol. The fourth-order valence-electron chi connectivity index (χ4n) is 4.80. The molecule has 4 aromatic rings. The minimum Gasteiger partial charge on any atom is -0.391 e. The lowest BCUT2D eigenvalue weighted by atomic mass is 9.86. The highest BCUT2D eigenvalue weighted by molar-refractivity contribution is 5.99. The zero-order valence-electron chi connectivity index (χ0n) is 19.9. The molecule has 3 N–H and O–H groups in total. The summed E-state index contributed by atoms with van der Waals surface area (Å²) >= 11 is 0. The third-order valence-electron chi connectivity index (χ3n) is 6.82. The number of fused-ring (bicyclic) bond motifs is 1. The minimum absolute atomic E-state index is 0.0761. The fourth-order valence-corrected chi connectivity index (χ4v) is 4.80. The normalized spacial score (nSPS) is 18.1. The van der Waals surface area contributed by atoms with Gasteiger partial charge in [0.2, 0.25) is 0 Å².